The monoisotopic (exact) mass is 237 g/mol. The quantitative estimate of drug-likeness (QED) is 0.868. The molecule has 1 aliphatic heterocycles. The summed E-state index contributed by atoms with van der Waals surface area (Å²) in [6, 6.07) is 7.58. The van der Waals surface area contributed by atoms with Gasteiger partial charge in [0.2, 0.25) is 0 Å². The van der Waals surface area contributed by atoms with Crippen molar-refractivity contribution in [1.82, 2.24) is 0 Å². The lowest BCUT2D eigenvalue weighted by Crippen LogP contribution is -2.39. The Balaban J connectivity index is 2.25. The predicted octanol–water partition coefficient (Wildman–Crippen LogP) is 1.87. The number of nitrogens with zero attached hydrogens (tertiary/aromatic N) is 1. The zero-order valence-electron chi connectivity index (χ0n) is 9.22. The molecular formula is C12H15NO2S. The van der Waals surface area contributed by atoms with E-state index in [2.05, 4.69) is 0 Å². The number of benzene rings is 1. The van der Waals surface area contributed by atoms with Crippen molar-refractivity contribution < 1.29 is 9.90 Å². The Morgan fingerprint density at radius 2 is 2.31 bits per heavy atom. The fourth-order valence-corrected chi connectivity index (χ4v) is 2.52. The summed E-state index contributed by atoms with van der Waals surface area (Å²) >= 11 is 1.74. The summed E-state index contributed by atoms with van der Waals surface area (Å²) in [5.74, 6) is 0.232. The molecule has 1 N–H and O–H groups in total. The molecule has 0 fully saturated rings. The predicted molar refractivity (Wildman–Crippen MR) is 67.3 cm³/mol. The van der Waals surface area contributed by atoms with Crippen molar-refractivity contribution in [2.75, 3.05) is 23.5 Å². The van der Waals surface area contributed by atoms with E-state index in [-0.39, 0.29) is 6.04 Å². The second kappa shape index (κ2) is 4.78. The molecule has 0 radical (unpaired) electrons. The summed E-state index contributed by atoms with van der Waals surface area (Å²) in [6.07, 6.45) is 2.66. The van der Waals surface area contributed by atoms with E-state index in [0.717, 1.165) is 23.5 Å². The third-order valence-electron chi connectivity index (χ3n) is 2.91. The van der Waals surface area contributed by atoms with Gasteiger partial charge in [0.25, 0.3) is 0 Å². The number of hydrogen-bond donors (Lipinski definition) is 1. The van der Waals surface area contributed by atoms with Crippen LogP contribution < -0.4 is 4.90 Å². The fourth-order valence-electron chi connectivity index (χ4n) is 2.14. The lowest BCUT2D eigenvalue weighted by atomic mass is 10.1. The Morgan fingerprint density at radius 3 is 3.00 bits per heavy atom. The van der Waals surface area contributed by atoms with Crippen molar-refractivity contribution in [1.29, 1.82) is 0 Å². The standard InChI is InChI=1S/C12H15NO2S/c1-16-7-6-13-10-5-3-2-4-9(10)8-11(13)12(14)15/h2-5,11H,6-8H2,1H3,(H,14,15). The Morgan fingerprint density at radius 1 is 1.56 bits per heavy atom. The molecule has 1 aromatic carbocycles. The maximum Gasteiger partial charge on any atom is 0.326 e. The van der Waals surface area contributed by atoms with Crippen molar-refractivity contribution in [3.05, 3.63) is 29.8 Å². The van der Waals surface area contributed by atoms with Crippen LogP contribution in [0.3, 0.4) is 0 Å². The normalized spacial score (nSPS) is 18.6. The molecule has 86 valence electrons. The molecule has 0 spiro atoms. The molecule has 0 bridgehead atoms. The van der Waals surface area contributed by atoms with Crippen LogP contribution in [0.15, 0.2) is 24.3 Å². The number of carboxylic acid groups (broad SMARTS) is 1. The molecule has 2 rings (SSSR count). The highest BCUT2D eigenvalue weighted by atomic mass is 32.2. The number of aliphatic carboxylic acids is 1. The molecule has 0 aliphatic carbocycles. The van der Waals surface area contributed by atoms with Gasteiger partial charge in [0.05, 0.1) is 0 Å². The Labute approximate surface area is 99.5 Å². The molecule has 1 unspecified atom stereocenters. The molecule has 0 aromatic heterocycles. The molecular weight excluding hydrogens is 222 g/mol. The third kappa shape index (κ3) is 2.02. The zero-order valence-corrected chi connectivity index (χ0v) is 10.0. The molecule has 0 saturated heterocycles. The van der Waals surface area contributed by atoms with Gasteiger partial charge in [-0.15, -0.1) is 0 Å². The maximum absolute atomic E-state index is 11.2. The number of carboxylic acids is 1. The van der Waals surface area contributed by atoms with Gasteiger partial charge in [0.15, 0.2) is 0 Å². The summed E-state index contributed by atoms with van der Waals surface area (Å²) in [7, 11) is 0. The highest BCUT2D eigenvalue weighted by molar-refractivity contribution is 7.98. The SMILES string of the molecule is CSCCN1c2ccccc2CC1C(=O)O. The number of anilines is 1. The van der Waals surface area contributed by atoms with Gasteiger partial charge in [-0.25, -0.2) is 4.79 Å². The Bertz CT molecular complexity index is 394. The lowest BCUT2D eigenvalue weighted by Gasteiger charge is -2.24. The summed E-state index contributed by atoms with van der Waals surface area (Å²) < 4.78 is 0. The molecule has 1 heterocycles. The van der Waals surface area contributed by atoms with E-state index in [4.69, 9.17) is 0 Å². The first-order valence-electron chi connectivity index (χ1n) is 5.30. The van der Waals surface area contributed by atoms with E-state index in [9.17, 15) is 9.90 Å². The third-order valence-corrected chi connectivity index (χ3v) is 3.50. The first-order chi connectivity index (χ1) is 7.74. The van der Waals surface area contributed by atoms with Crippen LogP contribution in [0.25, 0.3) is 0 Å². The van der Waals surface area contributed by atoms with Crippen LogP contribution in [0.5, 0.6) is 0 Å². The maximum atomic E-state index is 11.2. The fraction of sp³-hybridized carbons (Fsp3) is 0.417. The van der Waals surface area contributed by atoms with E-state index < -0.39 is 5.97 Å². The minimum Gasteiger partial charge on any atom is -0.480 e. The molecule has 1 aromatic rings. The molecule has 0 saturated carbocycles. The average Bonchev–Trinajstić information content (AvgIpc) is 2.65. The minimum atomic E-state index is -0.725. The van der Waals surface area contributed by atoms with Crippen molar-refractivity contribution in [2.24, 2.45) is 0 Å². The number of thioether (sulfide) groups is 1. The van der Waals surface area contributed by atoms with E-state index >= 15 is 0 Å². The van der Waals surface area contributed by atoms with Crippen LogP contribution in [0.2, 0.25) is 0 Å². The topological polar surface area (TPSA) is 40.5 Å². The molecule has 1 aliphatic rings. The number of hydrogen-bond acceptors (Lipinski definition) is 3. The van der Waals surface area contributed by atoms with E-state index in [1.165, 1.54) is 0 Å². The summed E-state index contributed by atoms with van der Waals surface area (Å²) in [5.41, 5.74) is 2.24. The molecule has 3 nitrogen and oxygen atoms in total. The Hall–Kier alpha value is -1.16. The minimum absolute atomic E-state index is 0.385. The van der Waals surface area contributed by atoms with Gasteiger partial charge in [0.1, 0.15) is 6.04 Å². The van der Waals surface area contributed by atoms with Crippen LogP contribution in [-0.2, 0) is 11.2 Å². The lowest BCUT2D eigenvalue weighted by molar-refractivity contribution is -0.138. The average molecular weight is 237 g/mol. The van der Waals surface area contributed by atoms with Gasteiger partial charge >= 0.3 is 5.97 Å². The van der Waals surface area contributed by atoms with E-state index in [1.807, 2.05) is 35.4 Å². The first-order valence-corrected chi connectivity index (χ1v) is 6.69. The second-order valence-corrected chi connectivity index (χ2v) is 4.86. The van der Waals surface area contributed by atoms with Gasteiger partial charge in [-0.05, 0) is 17.9 Å². The Kier molecular flexibility index (Phi) is 3.39. The van der Waals surface area contributed by atoms with Crippen LogP contribution in [0, 0.1) is 0 Å². The number of carbonyl (C=O) groups is 1. The summed E-state index contributed by atoms with van der Waals surface area (Å²) in [4.78, 5) is 13.2. The van der Waals surface area contributed by atoms with E-state index in [1.54, 1.807) is 11.8 Å². The molecule has 1 atom stereocenters. The van der Waals surface area contributed by atoms with Crippen molar-refractivity contribution in [3.63, 3.8) is 0 Å². The highest BCUT2D eigenvalue weighted by Crippen LogP contribution is 2.31. The van der Waals surface area contributed by atoms with E-state index in [0.29, 0.717) is 6.42 Å². The van der Waals surface area contributed by atoms with Gasteiger partial charge in [-0.3, -0.25) is 0 Å². The summed E-state index contributed by atoms with van der Waals surface area (Å²) in [6.45, 7) is 0.801. The summed E-state index contributed by atoms with van der Waals surface area (Å²) in [5, 5.41) is 9.21. The van der Waals surface area contributed by atoms with Crippen LogP contribution in [-0.4, -0.2) is 35.7 Å². The first kappa shape index (κ1) is 11.3. The van der Waals surface area contributed by atoms with Crippen molar-refractivity contribution >= 4 is 23.4 Å². The second-order valence-electron chi connectivity index (χ2n) is 3.87. The molecule has 4 heteroatoms. The van der Waals surface area contributed by atoms with Gasteiger partial charge in [-0.1, -0.05) is 18.2 Å². The van der Waals surface area contributed by atoms with Crippen molar-refractivity contribution in [3.8, 4) is 0 Å². The number of rotatable bonds is 4. The smallest absolute Gasteiger partial charge is 0.326 e. The molecule has 0 amide bonds. The van der Waals surface area contributed by atoms with Crippen LogP contribution in [0.4, 0.5) is 5.69 Å². The van der Waals surface area contributed by atoms with Crippen molar-refractivity contribution in [2.45, 2.75) is 12.5 Å². The largest absolute Gasteiger partial charge is 0.480 e. The van der Waals surface area contributed by atoms with Crippen LogP contribution in [0.1, 0.15) is 5.56 Å². The van der Waals surface area contributed by atoms with Gasteiger partial charge in [-0.2, -0.15) is 11.8 Å². The number of para-hydroxylation sites is 1. The highest BCUT2D eigenvalue weighted by Gasteiger charge is 2.33. The van der Waals surface area contributed by atoms with Gasteiger partial charge < -0.3 is 10.0 Å². The van der Waals surface area contributed by atoms with Crippen LogP contribution >= 0.6 is 11.8 Å². The molecule has 16 heavy (non-hydrogen) atoms. The van der Waals surface area contributed by atoms with Gasteiger partial charge in [0, 0.05) is 24.4 Å². The number of fused-ring (bicyclic) bond motifs is 1. The zero-order chi connectivity index (χ0) is 11.5.